The van der Waals surface area contributed by atoms with Gasteiger partial charge in [-0.05, 0) is 32.9 Å². The molecule has 2 N–H and O–H groups in total. The smallest absolute Gasteiger partial charge is 0.348 e. The highest BCUT2D eigenvalue weighted by Gasteiger charge is 2.37. The van der Waals surface area contributed by atoms with Gasteiger partial charge in [-0.3, -0.25) is 4.79 Å². The summed E-state index contributed by atoms with van der Waals surface area (Å²) in [5, 5.41) is 11.8. The molecule has 1 rings (SSSR count). The second-order valence-electron chi connectivity index (χ2n) is 5.35. The molecule has 0 aliphatic carbocycles. The molecular formula is C16H21NO6. The quantitative estimate of drug-likeness (QED) is 0.730. The standard InChI is InChI=1S/C16H21NO6/c1-9(2)17-14(18)12(22-4)13(15(19)20)23-16(21)11-7-5-10(3)6-8-11/h5-9,12-13H,1-4H3,(H,17,18)(H,19,20). The maximum Gasteiger partial charge on any atom is 0.348 e. The third-order valence-electron chi connectivity index (χ3n) is 2.98. The van der Waals surface area contributed by atoms with Gasteiger partial charge in [0.1, 0.15) is 0 Å². The fraction of sp³-hybridized carbons (Fsp3) is 0.438. The number of carbonyl (C=O) groups is 3. The molecule has 0 bridgehead atoms. The van der Waals surface area contributed by atoms with Gasteiger partial charge in [-0.1, -0.05) is 17.7 Å². The molecule has 23 heavy (non-hydrogen) atoms. The molecular weight excluding hydrogens is 302 g/mol. The summed E-state index contributed by atoms with van der Waals surface area (Å²) in [5.74, 6) is -2.96. The Morgan fingerprint density at radius 2 is 1.65 bits per heavy atom. The number of amides is 1. The van der Waals surface area contributed by atoms with E-state index in [2.05, 4.69) is 5.32 Å². The summed E-state index contributed by atoms with van der Waals surface area (Å²) < 4.78 is 9.89. The van der Waals surface area contributed by atoms with E-state index < -0.39 is 30.1 Å². The van der Waals surface area contributed by atoms with Crippen molar-refractivity contribution in [3.63, 3.8) is 0 Å². The van der Waals surface area contributed by atoms with Crippen molar-refractivity contribution in [3.8, 4) is 0 Å². The van der Waals surface area contributed by atoms with Crippen molar-refractivity contribution in [3.05, 3.63) is 35.4 Å². The summed E-state index contributed by atoms with van der Waals surface area (Å²) in [6.07, 6.45) is -3.18. The van der Waals surface area contributed by atoms with Gasteiger partial charge in [0, 0.05) is 13.2 Å². The SMILES string of the molecule is COC(C(=O)NC(C)C)C(OC(=O)c1ccc(C)cc1)C(=O)O. The van der Waals surface area contributed by atoms with Crippen LogP contribution in [0.2, 0.25) is 0 Å². The first-order chi connectivity index (χ1) is 10.8. The van der Waals surface area contributed by atoms with Crippen LogP contribution in [-0.4, -0.2) is 48.3 Å². The van der Waals surface area contributed by atoms with E-state index in [1.807, 2.05) is 6.92 Å². The monoisotopic (exact) mass is 323 g/mol. The minimum absolute atomic E-state index is 0.195. The Balaban J connectivity index is 2.92. The molecule has 126 valence electrons. The molecule has 1 aromatic carbocycles. The normalized spacial score (nSPS) is 13.3. The van der Waals surface area contributed by atoms with Gasteiger partial charge in [-0.25, -0.2) is 9.59 Å². The number of carbonyl (C=O) groups excluding carboxylic acids is 2. The first-order valence-corrected chi connectivity index (χ1v) is 7.10. The van der Waals surface area contributed by atoms with Crippen LogP contribution >= 0.6 is 0 Å². The predicted octanol–water partition coefficient (Wildman–Crippen LogP) is 1.14. The lowest BCUT2D eigenvalue weighted by Gasteiger charge is -2.23. The average Bonchev–Trinajstić information content (AvgIpc) is 2.46. The van der Waals surface area contributed by atoms with Gasteiger partial charge >= 0.3 is 11.9 Å². The van der Waals surface area contributed by atoms with E-state index in [0.717, 1.165) is 5.56 Å². The molecule has 2 atom stereocenters. The van der Waals surface area contributed by atoms with Crippen LogP contribution in [0.4, 0.5) is 0 Å². The number of methoxy groups -OCH3 is 1. The number of ether oxygens (including phenoxy) is 2. The van der Waals surface area contributed by atoms with Gasteiger partial charge in [0.05, 0.1) is 5.56 Å². The number of benzene rings is 1. The maximum absolute atomic E-state index is 12.1. The molecule has 0 saturated heterocycles. The molecule has 1 amide bonds. The van der Waals surface area contributed by atoms with Crippen LogP contribution in [0.3, 0.4) is 0 Å². The highest BCUT2D eigenvalue weighted by molar-refractivity contribution is 5.94. The Morgan fingerprint density at radius 3 is 2.09 bits per heavy atom. The van der Waals surface area contributed by atoms with E-state index in [0.29, 0.717) is 0 Å². The van der Waals surface area contributed by atoms with Crippen LogP contribution in [0, 0.1) is 6.92 Å². The summed E-state index contributed by atoms with van der Waals surface area (Å²) in [6.45, 7) is 5.30. The van der Waals surface area contributed by atoms with E-state index in [-0.39, 0.29) is 11.6 Å². The van der Waals surface area contributed by atoms with Gasteiger partial charge in [0.2, 0.25) is 6.10 Å². The zero-order valence-electron chi connectivity index (χ0n) is 13.5. The summed E-state index contributed by atoms with van der Waals surface area (Å²) in [4.78, 5) is 35.4. The minimum atomic E-state index is -1.74. The molecule has 7 heteroatoms. The summed E-state index contributed by atoms with van der Waals surface area (Å²) >= 11 is 0. The number of hydrogen-bond donors (Lipinski definition) is 2. The van der Waals surface area contributed by atoms with Crippen molar-refractivity contribution >= 4 is 17.8 Å². The lowest BCUT2D eigenvalue weighted by Crippen LogP contribution is -2.50. The highest BCUT2D eigenvalue weighted by Crippen LogP contribution is 2.11. The van der Waals surface area contributed by atoms with Crippen LogP contribution in [0.25, 0.3) is 0 Å². The van der Waals surface area contributed by atoms with Crippen molar-refractivity contribution in [1.29, 1.82) is 0 Å². The van der Waals surface area contributed by atoms with Crippen LogP contribution in [0.1, 0.15) is 29.8 Å². The van der Waals surface area contributed by atoms with Crippen molar-refractivity contribution in [2.24, 2.45) is 0 Å². The van der Waals surface area contributed by atoms with Crippen molar-refractivity contribution in [2.45, 2.75) is 39.0 Å². The number of carboxylic acids is 1. The Bertz CT molecular complexity index is 566. The number of aliphatic carboxylic acids is 1. The van der Waals surface area contributed by atoms with Crippen LogP contribution in [0.5, 0.6) is 0 Å². The Hall–Kier alpha value is -2.41. The Morgan fingerprint density at radius 1 is 1.09 bits per heavy atom. The molecule has 2 unspecified atom stereocenters. The maximum atomic E-state index is 12.1. The lowest BCUT2D eigenvalue weighted by atomic mass is 10.1. The zero-order valence-corrected chi connectivity index (χ0v) is 13.5. The predicted molar refractivity (Wildman–Crippen MR) is 82.1 cm³/mol. The second kappa shape index (κ2) is 8.28. The molecule has 0 aromatic heterocycles. The molecule has 0 radical (unpaired) electrons. The Labute approximate surface area is 134 Å². The third-order valence-corrected chi connectivity index (χ3v) is 2.98. The van der Waals surface area contributed by atoms with Crippen molar-refractivity contribution < 1.29 is 29.0 Å². The largest absolute Gasteiger partial charge is 0.478 e. The topological polar surface area (TPSA) is 102 Å². The summed E-state index contributed by atoms with van der Waals surface area (Å²) in [5.41, 5.74) is 1.14. The summed E-state index contributed by atoms with van der Waals surface area (Å²) in [6, 6.07) is 6.23. The van der Waals surface area contributed by atoms with Gasteiger partial charge in [0.15, 0.2) is 6.10 Å². The van der Waals surface area contributed by atoms with Crippen LogP contribution in [0.15, 0.2) is 24.3 Å². The summed E-state index contributed by atoms with van der Waals surface area (Å²) in [7, 11) is 1.18. The lowest BCUT2D eigenvalue weighted by molar-refractivity contribution is -0.161. The average molecular weight is 323 g/mol. The number of carboxylic acid groups (broad SMARTS) is 1. The molecule has 7 nitrogen and oxygen atoms in total. The van der Waals surface area contributed by atoms with Gasteiger partial charge in [-0.2, -0.15) is 0 Å². The van der Waals surface area contributed by atoms with Crippen molar-refractivity contribution in [2.75, 3.05) is 7.11 Å². The van der Waals surface area contributed by atoms with Crippen LogP contribution < -0.4 is 5.32 Å². The van der Waals surface area contributed by atoms with E-state index in [1.54, 1.807) is 26.0 Å². The number of hydrogen-bond acceptors (Lipinski definition) is 5. The van der Waals surface area contributed by atoms with E-state index in [9.17, 15) is 19.5 Å². The third kappa shape index (κ3) is 5.37. The molecule has 0 saturated carbocycles. The highest BCUT2D eigenvalue weighted by atomic mass is 16.6. The fourth-order valence-electron chi connectivity index (χ4n) is 1.85. The number of rotatable bonds is 7. The van der Waals surface area contributed by atoms with Gasteiger partial charge in [0.25, 0.3) is 5.91 Å². The molecule has 1 aromatic rings. The Kier molecular flexibility index (Phi) is 6.71. The fourth-order valence-corrected chi connectivity index (χ4v) is 1.85. The molecule has 0 spiro atoms. The zero-order chi connectivity index (χ0) is 17.6. The molecule has 0 heterocycles. The number of esters is 1. The van der Waals surface area contributed by atoms with E-state index in [1.165, 1.54) is 19.2 Å². The molecule has 0 aliphatic rings. The van der Waals surface area contributed by atoms with Crippen molar-refractivity contribution in [1.82, 2.24) is 5.32 Å². The molecule has 0 fully saturated rings. The van der Waals surface area contributed by atoms with Crippen LogP contribution in [-0.2, 0) is 19.1 Å². The van der Waals surface area contributed by atoms with Gasteiger partial charge < -0.3 is 19.9 Å². The first-order valence-electron chi connectivity index (χ1n) is 7.10. The van der Waals surface area contributed by atoms with E-state index in [4.69, 9.17) is 9.47 Å². The molecule has 0 aliphatic heterocycles. The van der Waals surface area contributed by atoms with Gasteiger partial charge in [-0.15, -0.1) is 0 Å². The number of nitrogens with one attached hydrogen (secondary N) is 1. The second-order valence-corrected chi connectivity index (χ2v) is 5.35. The minimum Gasteiger partial charge on any atom is -0.478 e. The number of aryl methyl sites for hydroxylation is 1. The first kappa shape index (κ1) is 18.6. The van der Waals surface area contributed by atoms with E-state index >= 15 is 0 Å².